The van der Waals surface area contributed by atoms with Gasteiger partial charge in [-0.05, 0) is 44.9 Å². The molecule has 0 atom stereocenters. The number of hydrogen-bond acceptors (Lipinski definition) is 3. The van der Waals surface area contributed by atoms with Gasteiger partial charge in [-0.1, -0.05) is 0 Å². The Morgan fingerprint density at radius 1 is 1.48 bits per heavy atom. The van der Waals surface area contributed by atoms with Crippen molar-refractivity contribution in [3.8, 4) is 0 Å². The van der Waals surface area contributed by atoms with Crippen LogP contribution >= 0.6 is 0 Å². The fourth-order valence-electron chi connectivity index (χ4n) is 2.54. The first kappa shape index (κ1) is 14.1. The Morgan fingerprint density at radius 3 is 2.76 bits per heavy atom. The molecule has 1 heterocycles. The molecule has 0 unspecified atom stereocenters. The van der Waals surface area contributed by atoms with E-state index in [9.17, 15) is 9.90 Å². The van der Waals surface area contributed by atoms with Crippen molar-refractivity contribution in [1.82, 2.24) is 9.55 Å². The molecule has 1 aromatic carbocycles. The number of imidazole rings is 1. The van der Waals surface area contributed by atoms with Crippen molar-refractivity contribution in [2.75, 3.05) is 7.11 Å². The number of aromatic carboxylic acids is 1. The molecule has 5 nitrogen and oxygen atoms in total. The van der Waals surface area contributed by atoms with Crippen LogP contribution in [0, 0.1) is 0 Å². The highest BCUT2D eigenvalue weighted by molar-refractivity contribution is 5.92. The van der Waals surface area contributed by atoms with Gasteiger partial charge in [-0.25, -0.2) is 9.78 Å². The first-order valence-corrected chi connectivity index (χ1v) is 7.20. The smallest absolute Gasteiger partial charge is 0.335 e. The van der Waals surface area contributed by atoms with Crippen molar-refractivity contribution >= 4 is 17.0 Å². The number of carboxylic acids is 1. The van der Waals surface area contributed by atoms with Gasteiger partial charge in [0.2, 0.25) is 0 Å². The maximum absolute atomic E-state index is 11.2. The maximum atomic E-state index is 11.2. The number of carboxylic acid groups (broad SMARTS) is 1. The Morgan fingerprint density at radius 2 is 2.19 bits per heavy atom. The van der Waals surface area contributed by atoms with E-state index in [1.807, 2.05) is 13.8 Å². The van der Waals surface area contributed by atoms with Crippen molar-refractivity contribution in [3.63, 3.8) is 0 Å². The average Bonchev–Trinajstić information content (AvgIpc) is 3.22. The van der Waals surface area contributed by atoms with E-state index in [0.29, 0.717) is 18.0 Å². The van der Waals surface area contributed by atoms with Crippen molar-refractivity contribution in [2.45, 2.75) is 44.8 Å². The standard InChI is InChI=1S/C16H20N2O3/c1-16(2,21-3)9-18-13-8-11(15(19)20)6-7-12(13)17-14(18)10-4-5-10/h6-8,10H,4-5,9H2,1-3H3,(H,19,20). The summed E-state index contributed by atoms with van der Waals surface area (Å²) in [4.78, 5) is 15.9. The average molecular weight is 288 g/mol. The van der Waals surface area contributed by atoms with Crippen LogP contribution in [0.25, 0.3) is 11.0 Å². The summed E-state index contributed by atoms with van der Waals surface area (Å²) in [7, 11) is 1.69. The molecule has 0 saturated heterocycles. The summed E-state index contributed by atoms with van der Waals surface area (Å²) in [6.07, 6.45) is 2.31. The second-order valence-electron chi connectivity index (χ2n) is 6.30. The molecular formula is C16H20N2O3. The van der Waals surface area contributed by atoms with Gasteiger partial charge < -0.3 is 14.4 Å². The van der Waals surface area contributed by atoms with Crippen molar-refractivity contribution in [2.24, 2.45) is 0 Å². The fourth-order valence-corrected chi connectivity index (χ4v) is 2.54. The van der Waals surface area contributed by atoms with Crippen molar-refractivity contribution in [3.05, 3.63) is 29.6 Å². The normalized spacial score (nSPS) is 15.6. The molecule has 1 fully saturated rings. The van der Waals surface area contributed by atoms with E-state index < -0.39 is 5.97 Å². The Bertz CT molecular complexity index is 699. The van der Waals surface area contributed by atoms with Gasteiger partial charge in [0.1, 0.15) is 5.82 Å². The van der Waals surface area contributed by atoms with Crippen LogP contribution in [-0.4, -0.2) is 33.3 Å². The van der Waals surface area contributed by atoms with Gasteiger partial charge in [0.25, 0.3) is 0 Å². The molecular weight excluding hydrogens is 268 g/mol. The molecule has 1 N–H and O–H groups in total. The zero-order valence-corrected chi connectivity index (χ0v) is 12.6. The molecule has 3 rings (SSSR count). The summed E-state index contributed by atoms with van der Waals surface area (Å²) >= 11 is 0. The number of fused-ring (bicyclic) bond motifs is 1. The highest BCUT2D eigenvalue weighted by Gasteiger charge is 2.31. The monoisotopic (exact) mass is 288 g/mol. The van der Waals surface area contributed by atoms with Gasteiger partial charge >= 0.3 is 5.97 Å². The zero-order valence-electron chi connectivity index (χ0n) is 12.6. The first-order chi connectivity index (χ1) is 9.91. The Hall–Kier alpha value is -1.88. The molecule has 0 bridgehead atoms. The molecule has 5 heteroatoms. The zero-order chi connectivity index (χ0) is 15.2. The molecule has 1 aliphatic carbocycles. The Kier molecular flexibility index (Phi) is 3.24. The second kappa shape index (κ2) is 4.84. The minimum Gasteiger partial charge on any atom is -0.478 e. The first-order valence-electron chi connectivity index (χ1n) is 7.20. The Labute approximate surface area is 123 Å². The predicted octanol–water partition coefficient (Wildman–Crippen LogP) is 3.04. The van der Waals surface area contributed by atoms with Crippen LogP contribution in [-0.2, 0) is 11.3 Å². The van der Waals surface area contributed by atoms with E-state index in [1.165, 1.54) is 0 Å². The lowest BCUT2D eigenvalue weighted by molar-refractivity contribution is 0.00842. The van der Waals surface area contributed by atoms with Crippen molar-refractivity contribution < 1.29 is 14.6 Å². The maximum Gasteiger partial charge on any atom is 0.335 e. The van der Waals surface area contributed by atoms with E-state index in [0.717, 1.165) is 29.7 Å². The Balaban J connectivity index is 2.14. The number of ether oxygens (including phenoxy) is 1. The summed E-state index contributed by atoms with van der Waals surface area (Å²) in [5, 5.41) is 9.19. The van der Waals surface area contributed by atoms with E-state index in [2.05, 4.69) is 4.57 Å². The van der Waals surface area contributed by atoms with Crippen LogP contribution in [0.5, 0.6) is 0 Å². The third kappa shape index (κ3) is 2.65. The molecule has 0 radical (unpaired) electrons. The second-order valence-corrected chi connectivity index (χ2v) is 6.30. The molecule has 21 heavy (non-hydrogen) atoms. The molecule has 2 aromatic rings. The largest absolute Gasteiger partial charge is 0.478 e. The number of nitrogens with zero attached hydrogens (tertiary/aromatic N) is 2. The van der Waals surface area contributed by atoms with Gasteiger partial charge in [0.05, 0.1) is 28.7 Å². The SMILES string of the molecule is COC(C)(C)Cn1c(C2CC2)nc2ccc(C(=O)O)cc21. The van der Waals surface area contributed by atoms with Gasteiger partial charge in [-0.3, -0.25) is 0 Å². The molecule has 0 amide bonds. The highest BCUT2D eigenvalue weighted by Crippen LogP contribution is 2.41. The third-order valence-electron chi connectivity index (χ3n) is 4.06. The topological polar surface area (TPSA) is 64.4 Å². The summed E-state index contributed by atoms with van der Waals surface area (Å²) < 4.78 is 7.66. The quantitative estimate of drug-likeness (QED) is 0.918. The lowest BCUT2D eigenvalue weighted by atomic mass is 10.1. The van der Waals surface area contributed by atoms with E-state index in [4.69, 9.17) is 9.72 Å². The third-order valence-corrected chi connectivity index (χ3v) is 4.06. The number of methoxy groups -OCH3 is 1. The van der Waals surface area contributed by atoms with Crippen LogP contribution in [0.3, 0.4) is 0 Å². The predicted molar refractivity (Wildman–Crippen MR) is 79.8 cm³/mol. The minimum atomic E-state index is -0.913. The summed E-state index contributed by atoms with van der Waals surface area (Å²) in [5.74, 6) is 0.639. The number of benzene rings is 1. The van der Waals surface area contributed by atoms with Crippen LogP contribution in [0.15, 0.2) is 18.2 Å². The molecule has 112 valence electrons. The van der Waals surface area contributed by atoms with Crippen LogP contribution < -0.4 is 0 Å². The summed E-state index contributed by atoms with van der Waals surface area (Å²) in [5.41, 5.74) is 1.70. The summed E-state index contributed by atoms with van der Waals surface area (Å²) in [6.45, 7) is 4.71. The fraction of sp³-hybridized carbons (Fsp3) is 0.500. The molecule has 1 saturated carbocycles. The lowest BCUT2D eigenvalue weighted by Gasteiger charge is -2.25. The number of rotatable bonds is 5. The van der Waals surface area contributed by atoms with Gasteiger partial charge in [0, 0.05) is 13.0 Å². The van der Waals surface area contributed by atoms with E-state index >= 15 is 0 Å². The molecule has 0 aliphatic heterocycles. The van der Waals surface area contributed by atoms with Crippen LogP contribution in [0.1, 0.15) is 48.8 Å². The molecule has 1 aromatic heterocycles. The van der Waals surface area contributed by atoms with Gasteiger partial charge in [0.15, 0.2) is 0 Å². The van der Waals surface area contributed by atoms with E-state index in [-0.39, 0.29) is 5.60 Å². The highest BCUT2D eigenvalue weighted by atomic mass is 16.5. The van der Waals surface area contributed by atoms with Gasteiger partial charge in [-0.2, -0.15) is 0 Å². The minimum absolute atomic E-state index is 0.293. The van der Waals surface area contributed by atoms with Gasteiger partial charge in [-0.15, -0.1) is 0 Å². The number of carbonyl (C=O) groups is 1. The molecule has 0 spiro atoms. The van der Waals surface area contributed by atoms with Crippen molar-refractivity contribution in [1.29, 1.82) is 0 Å². The molecule has 1 aliphatic rings. The number of aromatic nitrogens is 2. The number of hydrogen-bond donors (Lipinski definition) is 1. The lowest BCUT2D eigenvalue weighted by Crippen LogP contribution is -2.29. The summed E-state index contributed by atoms with van der Waals surface area (Å²) in [6, 6.07) is 5.11. The van der Waals surface area contributed by atoms with Crippen LogP contribution in [0.2, 0.25) is 0 Å². The van der Waals surface area contributed by atoms with E-state index in [1.54, 1.807) is 25.3 Å². The van der Waals surface area contributed by atoms with Crippen LogP contribution in [0.4, 0.5) is 0 Å².